The molecule has 7 nitrogen and oxygen atoms in total. The van der Waals surface area contributed by atoms with Gasteiger partial charge in [0.25, 0.3) is 5.56 Å². The summed E-state index contributed by atoms with van der Waals surface area (Å²) in [6.07, 6.45) is 4.82. The minimum atomic E-state index is -0.126. The average Bonchev–Trinajstić information content (AvgIpc) is 3.16. The second-order valence-corrected chi connectivity index (χ2v) is 8.39. The van der Waals surface area contributed by atoms with Gasteiger partial charge in [-0.05, 0) is 42.8 Å². The molecule has 0 bridgehead atoms. The van der Waals surface area contributed by atoms with Gasteiger partial charge in [-0.3, -0.25) is 9.78 Å². The molecular formula is C26H24N6O. The van der Waals surface area contributed by atoms with Crippen LogP contribution in [0, 0.1) is 0 Å². The Morgan fingerprint density at radius 2 is 1.67 bits per heavy atom. The van der Waals surface area contributed by atoms with E-state index in [1.165, 1.54) is 11.4 Å². The number of pyridine rings is 1. The third kappa shape index (κ3) is 3.61. The number of H-pyrrole nitrogens is 2. The third-order valence-corrected chi connectivity index (χ3v) is 6.36. The number of hydrogen-bond acceptors (Lipinski definition) is 5. The minimum Gasteiger partial charge on any atom is -0.370 e. The van der Waals surface area contributed by atoms with Crippen molar-refractivity contribution in [1.82, 2.24) is 19.9 Å². The Bertz CT molecular complexity index is 1440. The highest BCUT2D eigenvalue weighted by Crippen LogP contribution is 2.30. The molecule has 1 aliphatic carbocycles. The summed E-state index contributed by atoms with van der Waals surface area (Å²) in [5.74, 6) is 0.600. The van der Waals surface area contributed by atoms with Gasteiger partial charge in [-0.15, -0.1) is 0 Å². The zero-order chi connectivity index (χ0) is 22.2. The van der Waals surface area contributed by atoms with Gasteiger partial charge < -0.3 is 19.8 Å². The Morgan fingerprint density at radius 3 is 2.52 bits per heavy atom. The first-order valence-corrected chi connectivity index (χ1v) is 11.3. The first-order chi connectivity index (χ1) is 16.3. The number of fused-ring (bicyclic) bond motifs is 2. The van der Waals surface area contributed by atoms with Gasteiger partial charge in [0.15, 0.2) is 0 Å². The Balaban J connectivity index is 1.30. The minimum absolute atomic E-state index is 0.126. The summed E-state index contributed by atoms with van der Waals surface area (Å²) in [5.41, 5.74) is 6.27. The lowest BCUT2D eigenvalue weighted by Gasteiger charge is -2.24. The summed E-state index contributed by atoms with van der Waals surface area (Å²) in [6, 6.07) is 20.1. The lowest BCUT2D eigenvalue weighted by molar-refractivity contribution is 0.805. The number of anilines is 2. The van der Waals surface area contributed by atoms with E-state index in [2.05, 4.69) is 43.0 Å². The summed E-state index contributed by atoms with van der Waals surface area (Å²) < 4.78 is 0. The molecule has 2 N–H and O–H groups in total. The van der Waals surface area contributed by atoms with Gasteiger partial charge in [0.1, 0.15) is 5.82 Å². The zero-order valence-electron chi connectivity index (χ0n) is 18.2. The lowest BCUT2D eigenvalue weighted by Crippen LogP contribution is -2.30. The van der Waals surface area contributed by atoms with E-state index in [0.29, 0.717) is 11.4 Å². The average molecular weight is 437 g/mol. The second-order valence-electron chi connectivity index (χ2n) is 8.39. The number of nitrogens with one attached hydrogen (secondary N) is 2. The molecule has 0 saturated carbocycles. The molecule has 164 valence electrons. The number of imidazole rings is 1. The largest absolute Gasteiger partial charge is 0.370 e. The van der Waals surface area contributed by atoms with Crippen molar-refractivity contribution in [3.05, 3.63) is 83.4 Å². The maximum atomic E-state index is 12.7. The van der Waals surface area contributed by atoms with E-state index in [1.54, 1.807) is 0 Å². The Labute approximate surface area is 191 Å². The maximum absolute atomic E-state index is 12.7. The molecule has 3 aromatic rings. The molecule has 0 amide bonds. The normalized spacial score (nSPS) is 14.7. The van der Waals surface area contributed by atoms with Gasteiger partial charge in [-0.2, -0.15) is 0 Å². The van der Waals surface area contributed by atoms with Crippen molar-refractivity contribution >= 4 is 22.4 Å². The van der Waals surface area contributed by atoms with Crippen molar-refractivity contribution in [2.45, 2.75) is 6.42 Å². The molecule has 6 rings (SSSR count). The van der Waals surface area contributed by atoms with E-state index >= 15 is 0 Å². The Kier molecular flexibility index (Phi) is 4.79. The summed E-state index contributed by atoms with van der Waals surface area (Å²) in [6.45, 7) is 3.89. The molecule has 1 saturated heterocycles. The van der Waals surface area contributed by atoms with E-state index in [1.807, 2.05) is 54.9 Å². The number of aromatic amines is 2. The van der Waals surface area contributed by atoms with Crippen LogP contribution in [0.1, 0.15) is 6.42 Å². The molecule has 3 aliphatic rings. The van der Waals surface area contributed by atoms with Crippen molar-refractivity contribution in [2.75, 3.05) is 36.0 Å². The topological polar surface area (TPSA) is 80.9 Å². The fourth-order valence-corrected chi connectivity index (χ4v) is 4.70. The van der Waals surface area contributed by atoms with E-state index < -0.39 is 0 Å². The lowest BCUT2D eigenvalue weighted by atomic mass is 10.1. The summed E-state index contributed by atoms with van der Waals surface area (Å²) in [7, 11) is 0. The molecule has 4 heterocycles. The van der Waals surface area contributed by atoms with Crippen LogP contribution in [0.3, 0.4) is 0 Å². The fourth-order valence-electron chi connectivity index (χ4n) is 4.70. The number of rotatable bonds is 3. The summed E-state index contributed by atoms with van der Waals surface area (Å²) >= 11 is 0. The van der Waals surface area contributed by atoms with E-state index in [0.717, 1.165) is 54.9 Å². The van der Waals surface area contributed by atoms with Gasteiger partial charge in [0, 0.05) is 49.3 Å². The van der Waals surface area contributed by atoms with Crippen molar-refractivity contribution in [2.24, 2.45) is 0 Å². The van der Waals surface area contributed by atoms with Crippen molar-refractivity contribution in [3.63, 3.8) is 0 Å². The van der Waals surface area contributed by atoms with Crippen LogP contribution < -0.4 is 15.4 Å². The fraction of sp³-hybridized carbons (Fsp3) is 0.192. The second kappa shape index (κ2) is 8.09. The van der Waals surface area contributed by atoms with E-state index in [-0.39, 0.29) is 5.56 Å². The van der Waals surface area contributed by atoms with Crippen LogP contribution in [-0.4, -0.2) is 46.1 Å². The summed E-state index contributed by atoms with van der Waals surface area (Å²) in [5, 5.41) is 0. The zero-order valence-corrected chi connectivity index (χ0v) is 18.2. The molecule has 0 unspecified atom stereocenters. The SMILES string of the molecule is O=c1[nH]c2cccccc-2c1-c1nc2ccc(N3CCCN(c4cccnc4)CC3)cc2[nH]1. The highest BCUT2D eigenvalue weighted by atomic mass is 16.1. The van der Waals surface area contributed by atoms with E-state index in [4.69, 9.17) is 4.98 Å². The number of nitrogens with zero attached hydrogens (tertiary/aromatic N) is 4. The van der Waals surface area contributed by atoms with Crippen LogP contribution in [0.5, 0.6) is 0 Å². The molecule has 2 aliphatic heterocycles. The highest BCUT2D eigenvalue weighted by molar-refractivity contribution is 5.87. The molecule has 0 radical (unpaired) electrons. The molecule has 33 heavy (non-hydrogen) atoms. The van der Waals surface area contributed by atoms with Crippen molar-refractivity contribution in [1.29, 1.82) is 0 Å². The predicted octanol–water partition coefficient (Wildman–Crippen LogP) is 4.13. The number of aromatic nitrogens is 4. The quantitative estimate of drug-likeness (QED) is 0.444. The van der Waals surface area contributed by atoms with Crippen LogP contribution in [-0.2, 0) is 0 Å². The first-order valence-electron chi connectivity index (χ1n) is 11.3. The van der Waals surface area contributed by atoms with Gasteiger partial charge >= 0.3 is 0 Å². The van der Waals surface area contributed by atoms with Gasteiger partial charge in [0.05, 0.1) is 28.5 Å². The maximum Gasteiger partial charge on any atom is 0.260 e. The van der Waals surface area contributed by atoms with Crippen LogP contribution in [0.15, 0.2) is 77.9 Å². The molecule has 0 spiro atoms. The smallest absolute Gasteiger partial charge is 0.260 e. The standard InChI is InChI=1S/C26H24N6O/c33-26-24(20-7-2-1-3-8-21(20)30-26)25-28-22-10-9-18(16-23(22)29-25)31-12-5-13-32(15-14-31)19-6-4-11-27-17-19/h1-4,6-11,16-17H,5,12-15H2,(H,28,29)(H,30,33). The van der Waals surface area contributed by atoms with Gasteiger partial charge in [0.2, 0.25) is 0 Å². The molecule has 2 aromatic heterocycles. The van der Waals surface area contributed by atoms with Crippen LogP contribution in [0.25, 0.3) is 33.7 Å². The Hall–Kier alpha value is -4.13. The van der Waals surface area contributed by atoms with Crippen LogP contribution in [0.4, 0.5) is 11.4 Å². The molecule has 7 heteroatoms. The summed E-state index contributed by atoms with van der Waals surface area (Å²) in [4.78, 5) is 32.8. The van der Waals surface area contributed by atoms with Crippen LogP contribution in [0.2, 0.25) is 0 Å². The third-order valence-electron chi connectivity index (χ3n) is 6.36. The monoisotopic (exact) mass is 436 g/mol. The van der Waals surface area contributed by atoms with Crippen molar-refractivity contribution in [3.8, 4) is 22.6 Å². The van der Waals surface area contributed by atoms with Crippen molar-refractivity contribution < 1.29 is 0 Å². The van der Waals surface area contributed by atoms with Crippen LogP contribution >= 0.6 is 0 Å². The van der Waals surface area contributed by atoms with Gasteiger partial charge in [-0.1, -0.05) is 24.3 Å². The predicted molar refractivity (Wildman–Crippen MR) is 132 cm³/mol. The first kappa shape index (κ1) is 19.5. The molecular weight excluding hydrogens is 412 g/mol. The Morgan fingerprint density at radius 1 is 0.818 bits per heavy atom. The van der Waals surface area contributed by atoms with Gasteiger partial charge in [-0.25, -0.2) is 4.98 Å². The molecule has 1 fully saturated rings. The highest BCUT2D eigenvalue weighted by Gasteiger charge is 2.20. The number of hydrogen-bond donors (Lipinski definition) is 2. The molecule has 0 atom stereocenters. The number of benzene rings is 1. The molecule has 1 aromatic carbocycles. The van der Waals surface area contributed by atoms with E-state index in [9.17, 15) is 4.79 Å².